The highest BCUT2D eigenvalue weighted by atomic mass is 32.1. The number of hydrogen-bond acceptors (Lipinski definition) is 5. The van der Waals surface area contributed by atoms with E-state index in [4.69, 9.17) is 4.74 Å². The van der Waals surface area contributed by atoms with E-state index in [1.807, 2.05) is 18.2 Å². The number of hydrogen-bond donors (Lipinski definition) is 1. The van der Waals surface area contributed by atoms with Crippen LogP contribution in [0.1, 0.15) is 16.1 Å². The fourth-order valence-electron chi connectivity index (χ4n) is 3.32. The van der Waals surface area contributed by atoms with Gasteiger partial charge in [-0.05, 0) is 17.7 Å². The van der Waals surface area contributed by atoms with Crippen LogP contribution >= 0.6 is 11.3 Å². The van der Waals surface area contributed by atoms with Gasteiger partial charge in [0.25, 0.3) is 5.91 Å². The predicted molar refractivity (Wildman–Crippen MR) is 111 cm³/mol. The Morgan fingerprint density at radius 3 is 2.83 bits per heavy atom. The van der Waals surface area contributed by atoms with Gasteiger partial charge in [-0.15, -0.1) is 11.3 Å². The Bertz CT molecular complexity index is 963. The van der Waals surface area contributed by atoms with Crippen LogP contribution in [0.4, 0.5) is 4.39 Å². The minimum Gasteiger partial charge on any atom is -0.374 e. The Kier molecular flexibility index (Phi) is 6.29. The fourth-order valence-corrected chi connectivity index (χ4v) is 4.15. The number of rotatable bonds is 6. The van der Waals surface area contributed by atoms with E-state index in [-0.39, 0.29) is 17.8 Å². The molecular formula is C22H22FN3O2S. The van der Waals surface area contributed by atoms with Gasteiger partial charge in [-0.1, -0.05) is 42.5 Å². The van der Waals surface area contributed by atoms with Gasteiger partial charge in [-0.3, -0.25) is 9.69 Å². The standard InChI is InChI=1S/C22H22FN3O2S/c23-19-9-5-4-8-18(19)22-25-20(15-29-22)21(27)24-12-17-14-26(10-11-28-17)13-16-6-2-1-3-7-16/h1-9,15,17H,10-14H2,(H,24,27). The maximum absolute atomic E-state index is 13.9. The summed E-state index contributed by atoms with van der Waals surface area (Å²) < 4.78 is 19.7. The average Bonchev–Trinajstić information content (AvgIpc) is 3.23. The number of benzene rings is 2. The van der Waals surface area contributed by atoms with Crippen LogP contribution in [0.2, 0.25) is 0 Å². The van der Waals surface area contributed by atoms with Gasteiger partial charge in [0.05, 0.1) is 12.7 Å². The number of carbonyl (C=O) groups excluding carboxylic acids is 1. The maximum Gasteiger partial charge on any atom is 0.270 e. The highest BCUT2D eigenvalue weighted by molar-refractivity contribution is 7.13. The molecule has 3 aromatic rings. The van der Waals surface area contributed by atoms with Crippen molar-refractivity contribution in [2.75, 3.05) is 26.2 Å². The van der Waals surface area contributed by atoms with E-state index < -0.39 is 0 Å². The van der Waals surface area contributed by atoms with Crippen molar-refractivity contribution in [1.29, 1.82) is 0 Å². The molecule has 0 aliphatic carbocycles. The number of aromatic nitrogens is 1. The third-order valence-corrected chi connectivity index (χ3v) is 5.68. The number of nitrogens with zero attached hydrogens (tertiary/aromatic N) is 2. The summed E-state index contributed by atoms with van der Waals surface area (Å²) in [7, 11) is 0. The number of ether oxygens (including phenoxy) is 1. The molecule has 5 nitrogen and oxygen atoms in total. The highest BCUT2D eigenvalue weighted by Crippen LogP contribution is 2.26. The molecule has 2 aromatic carbocycles. The largest absolute Gasteiger partial charge is 0.374 e. The van der Waals surface area contributed by atoms with Crippen LogP contribution in [0.15, 0.2) is 60.0 Å². The minimum absolute atomic E-state index is 0.0684. The monoisotopic (exact) mass is 411 g/mol. The Labute approximate surface area is 173 Å². The van der Waals surface area contributed by atoms with Gasteiger partial charge in [0.2, 0.25) is 0 Å². The molecule has 29 heavy (non-hydrogen) atoms. The lowest BCUT2D eigenvalue weighted by molar-refractivity contribution is -0.0292. The van der Waals surface area contributed by atoms with Crippen LogP contribution < -0.4 is 5.32 Å². The molecule has 1 aliphatic rings. The summed E-state index contributed by atoms with van der Waals surface area (Å²) in [5, 5.41) is 5.04. The second kappa shape index (κ2) is 9.26. The van der Waals surface area contributed by atoms with Crippen molar-refractivity contribution in [2.45, 2.75) is 12.6 Å². The van der Waals surface area contributed by atoms with Crippen molar-refractivity contribution in [1.82, 2.24) is 15.2 Å². The molecule has 1 atom stereocenters. The molecule has 1 N–H and O–H groups in total. The van der Waals surface area contributed by atoms with Gasteiger partial charge < -0.3 is 10.1 Å². The first kappa shape index (κ1) is 19.7. The lowest BCUT2D eigenvalue weighted by Crippen LogP contribution is -2.47. The summed E-state index contributed by atoms with van der Waals surface area (Å²) in [6, 6.07) is 16.7. The SMILES string of the molecule is O=C(NCC1CN(Cc2ccccc2)CCO1)c1csc(-c2ccccc2F)n1. The van der Waals surface area contributed by atoms with E-state index >= 15 is 0 Å². The first-order valence-corrected chi connectivity index (χ1v) is 10.4. The molecule has 0 spiro atoms. The summed E-state index contributed by atoms with van der Waals surface area (Å²) in [6.07, 6.45) is -0.0684. The summed E-state index contributed by atoms with van der Waals surface area (Å²) in [6.45, 7) is 3.55. The molecule has 1 unspecified atom stereocenters. The molecule has 0 saturated carbocycles. The molecule has 0 bridgehead atoms. The predicted octanol–water partition coefficient (Wildman–Crippen LogP) is 3.58. The van der Waals surface area contributed by atoms with Gasteiger partial charge in [0.15, 0.2) is 0 Å². The van der Waals surface area contributed by atoms with Crippen LogP contribution in [-0.2, 0) is 11.3 Å². The fraction of sp³-hybridized carbons (Fsp3) is 0.273. The Balaban J connectivity index is 1.31. The molecular weight excluding hydrogens is 389 g/mol. The number of amides is 1. The molecule has 1 aliphatic heterocycles. The van der Waals surface area contributed by atoms with Crippen LogP contribution in [0.5, 0.6) is 0 Å². The van der Waals surface area contributed by atoms with Crippen LogP contribution in [0.3, 0.4) is 0 Å². The molecule has 7 heteroatoms. The molecule has 1 fully saturated rings. The number of morpholine rings is 1. The molecule has 2 heterocycles. The molecule has 1 aromatic heterocycles. The Morgan fingerprint density at radius 1 is 1.21 bits per heavy atom. The second-order valence-corrected chi connectivity index (χ2v) is 7.80. The van der Waals surface area contributed by atoms with Gasteiger partial charge >= 0.3 is 0 Å². The van der Waals surface area contributed by atoms with Crippen LogP contribution in [0.25, 0.3) is 10.6 Å². The second-order valence-electron chi connectivity index (χ2n) is 6.94. The quantitative estimate of drug-likeness (QED) is 0.674. The van der Waals surface area contributed by atoms with E-state index in [0.717, 1.165) is 19.6 Å². The topological polar surface area (TPSA) is 54.5 Å². The van der Waals surface area contributed by atoms with Gasteiger partial charge in [0, 0.05) is 37.1 Å². The summed E-state index contributed by atoms with van der Waals surface area (Å²) in [5.41, 5.74) is 1.97. The van der Waals surface area contributed by atoms with Gasteiger partial charge in [-0.2, -0.15) is 0 Å². The first-order valence-electron chi connectivity index (χ1n) is 9.55. The Hall–Kier alpha value is -2.61. The first-order chi connectivity index (χ1) is 14.2. The summed E-state index contributed by atoms with van der Waals surface area (Å²) in [5.74, 6) is -0.615. The van der Waals surface area contributed by atoms with Crippen molar-refractivity contribution in [3.8, 4) is 10.6 Å². The number of carbonyl (C=O) groups is 1. The zero-order valence-electron chi connectivity index (χ0n) is 15.9. The maximum atomic E-state index is 13.9. The van der Waals surface area contributed by atoms with E-state index in [2.05, 4.69) is 27.3 Å². The lowest BCUT2D eigenvalue weighted by Gasteiger charge is -2.33. The van der Waals surface area contributed by atoms with Crippen molar-refractivity contribution in [2.24, 2.45) is 0 Å². The van der Waals surface area contributed by atoms with Crippen molar-refractivity contribution in [3.63, 3.8) is 0 Å². The minimum atomic E-state index is -0.345. The molecule has 1 amide bonds. The average molecular weight is 412 g/mol. The summed E-state index contributed by atoms with van der Waals surface area (Å²) >= 11 is 1.26. The van der Waals surface area contributed by atoms with Crippen molar-refractivity contribution in [3.05, 3.63) is 77.1 Å². The zero-order chi connectivity index (χ0) is 20.1. The third-order valence-electron chi connectivity index (χ3n) is 4.80. The van der Waals surface area contributed by atoms with Gasteiger partial charge in [0.1, 0.15) is 16.5 Å². The van der Waals surface area contributed by atoms with Crippen molar-refractivity contribution >= 4 is 17.2 Å². The van der Waals surface area contributed by atoms with Crippen LogP contribution in [0, 0.1) is 5.82 Å². The molecule has 0 radical (unpaired) electrons. The van der Waals surface area contributed by atoms with Crippen molar-refractivity contribution < 1.29 is 13.9 Å². The third kappa shape index (κ3) is 5.06. The smallest absolute Gasteiger partial charge is 0.270 e. The van der Waals surface area contributed by atoms with Crippen LogP contribution in [-0.4, -0.2) is 48.1 Å². The lowest BCUT2D eigenvalue weighted by atomic mass is 10.2. The number of halogens is 1. The highest BCUT2D eigenvalue weighted by Gasteiger charge is 2.22. The number of thiazole rings is 1. The number of nitrogens with one attached hydrogen (secondary N) is 1. The van der Waals surface area contributed by atoms with Gasteiger partial charge in [-0.25, -0.2) is 9.37 Å². The van der Waals surface area contributed by atoms with E-state index in [9.17, 15) is 9.18 Å². The van der Waals surface area contributed by atoms with E-state index in [1.165, 1.54) is 23.0 Å². The Morgan fingerprint density at radius 2 is 2.00 bits per heavy atom. The zero-order valence-corrected chi connectivity index (χ0v) is 16.7. The molecule has 1 saturated heterocycles. The van der Waals surface area contributed by atoms with E-state index in [1.54, 1.807) is 23.6 Å². The molecule has 4 rings (SSSR count). The molecule has 150 valence electrons. The summed E-state index contributed by atoms with van der Waals surface area (Å²) in [4.78, 5) is 19.1. The van der Waals surface area contributed by atoms with E-state index in [0.29, 0.717) is 29.4 Å². The normalized spacial score (nSPS) is 17.2.